The zero-order valence-corrected chi connectivity index (χ0v) is 22.5. The summed E-state index contributed by atoms with van der Waals surface area (Å²) < 4.78 is 29.2. The van der Waals surface area contributed by atoms with Gasteiger partial charge >= 0.3 is 17.9 Å². The number of esters is 3. The van der Waals surface area contributed by atoms with Crippen LogP contribution in [0.5, 0.6) is 0 Å². The largest absolute Gasteiger partial charge is 0.456 e. The Morgan fingerprint density at radius 1 is 0.943 bits per heavy atom. The highest BCUT2D eigenvalue weighted by Gasteiger charge is 2.53. The molecular formula is C27H42O8. The molecule has 7 atom stereocenters. The molecule has 0 unspecified atom stereocenters. The van der Waals surface area contributed by atoms with Gasteiger partial charge in [-0.3, -0.25) is 14.4 Å². The molecule has 1 heterocycles. The lowest BCUT2D eigenvalue weighted by Gasteiger charge is -2.50. The Hall–Kier alpha value is -1.93. The first-order valence-corrected chi connectivity index (χ1v) is 12.8. The average molecular weight is 495 g/mol. The summed E-state index contributed by atoms with van der Waals surface area (Å²) in [6, 6.07) is 0. The van der Waals surface area contributed by atoms with Gasteiger partial charge in [-0.15, -0.1) is 0 Å². The molecule has 3 rings (SSSR count). The Morgan fingerprint density at radius 2 is 1.51 bits per heavy atom. The lowest BCUT2D eigenvalue weighted by molar-refractivity contribution is -0.327. The number of fused-ring (bicyclic) bond motifs is 1. The van der Waals surface area contributed by atoms with Crippen LogP contribution in [0.4, 0.5) is 0 Å². The van der Waals surface area contributed by atoms with E-state index in [2.05, 4.69) is 13.8 Å². The number of hydrogen-bond acceptors (Lipinski definition) is 8. The molecule has 1 aliphatic heterocycles. The van der Waals surface area contributed by atoms with E-state index in [1.54, 1.807) is 12.5 Å². The number of ether oxygens (including phenoxy) is 5. The van der Waals surface area contributed by atoms with Crippen LogP contribution in [0, 0.1) is 11.3 Å². The minimum absolute atomic E-state index is 0.244. The van der Waals surface area contributed by atoms with Crippen molar-refractivity contribution < 1.29 is 38.1 Å². The predicted molar refractivity (Wildman–Crippen MR) is 128 cm³/mol. The van der Waals surface area contributed by atoms with Gasteiger partial charge in [0.25, 0.3) is 0 Å². The smallest absolute Gasteiger partial charge is 0.303 e. The van der Waals surface area contributed by atoms with Crippen molar-refractivity contribution in [3.05, 3.63) is 11.1 Å². The maximum atomic E-state index is 12.0. The summed E-state index contributed by atoms with van der Waals surface area (Å²) >= 11 is 0. The third-order valence-corrected chi connectivity index (χ3v) is 8.06. The molecule has 2 aliphatic carbocycles. The molecule has 8 heteroatoms. The standard InChI is InChI=1S/C27H42O8/c1-15-10-9-12-27(8)13-11-20(14-21(15)27)26(6,7)35-25-24(34-19(5)30)23(33-18(4)29)22(16(2)31-25)32-17(3)28/h16,20,22-25H,9-14H2,1-8H3/t16-,20-,22+,23+,24-,25+,27+/m1/s1. The van der Waals surface area contributed by atoms with Crippen molar-refractivity contribution in [1.82, 2.24) is 0 Å². The van der Waals surface area contributed by atoms with E-state index >= 15 is 0 Å². The Labute approximate surface area is 209 Å². The second-order valence-electron chi connectivity index (χ2n) is 11.3. The van der Waals surface area contributed by atoms with Crippen LogP contribution >= 0.6 is 0 Å². The molecule has 0 aromatic carbocycles. The first-order valence-electron chi connectivity index (χ1n) is 12.8. The minimum atomic E-state index is -1.08. The average Bonchev–Trinajstić information content (AvgIpc) is 2.72. The zero-order valence-electron chi connectivity index (χ0n) is 22.5. The van der Waals surface area contributed by atoms with Gasteiger partial charge in [-0.25, -0.2) is 0 Å². The maximum absolute atomic E-state index is 12.0. The summed E-state index contributed by atoms with van der Waals surface area (Å²) in [5.41, 5.74) is 2.71. The molecule has 35 heavy (non-hydrogen) atoms. The van der Waals surface area contributed by atoms with Gasteiger partial charge in [-0.1, -0.05) is 18.1 Å². The summed E-state index contributed by atoms with van der Waals surface area (Å²) in [6.45, 7) is 14.2. The number of hydrogen-bond donors (Lipinski definition) is 0. The normalized spacial score (nSPS) is 35.7. The van der Waals surface area contributed by atoms with Crippen molar-refractivity contribution in [3.8, 4) is 0 Å². The fraction of sp³-hybridized carbons (Fsp3) is 0.815. The van der Waals surface area contributed by atoms with E-state index in [1.165, 1.54) is 39.2 Å². The SMILES string of the molecule is CC(=O)O[C@H]1[C@@H](OC(C)=O)[C@@H](C)O[C@@H](OC(C)(C)[C@@H]2CC[C@]3(C)CCCC(C)=C3C2)[C@@H]1OC(C)=O. The van der Waals surface area contributed by atoms with Crippen molar-refractivity contribution in [1.29, 1.82) is 0 Å². The molecule has 1 saturated carbocycles. The topological polar surface area (TPSA) is 97.4 Å². The Morgan fingerprint density at radius 3 is 2.11 bits per heavy atom. The van der Waals surface area contributed by atoms with Gasteiger partial charge in [0.2, 0.25) is 0 Å². The Balaban J connectivity index is 1.86. The fourth-order valence-electron chi connectivity index (χ4n) is 6.15. The van der Waals surface area contributed by atoms with Crippen molar-refractivity contribution in [2.45, 2.75) is 130 Å². The van der Waals surface area contributed by atoms with Crippen LogP contribution in [0.3, 0.4) is 0 Å². The zero-order chi connectivity index (χ0) is 26.1. The van der Waals surface area contributed by atoms with Crippen LogP contribution in [0.1, 0.15) is 93.9 Å². The highest BCUT2D eigenvalue weighted by atomic mass is 16.7. The molecule has 0 spiro atoms. The molecule has 198 valence electrons. The first kappa shape index (κ1) is 27.7. The van der Waals surface area contributed by atoms with Gasteiger partial charge in [0, 0.05) is 20.8 Å². The molecule has 2 fully saturated rings. The number of allylic oxidation sites excluding steroid dienone is 2. The summed E-state index contributed by atoms with van der Waals surface area (Å²) in [4.78, 5) is 35.7. The van der Waals surface area contributed by atoms with E-state index in [0.717, 1.165) is 25.7 Å². The molecule has 0 amide bonds. The van der Waals surface area contributed by atoms with E-state index in [0.29, 0.717) is 0 Å². The highest BCUT2D eigenvalue weighted by Crippen LogP contribution is 2.53. The molecule has 0 bridgehead atoms. The third-order valence-electron chi connectivity index (χ3n) is 8.06. The molecule has 0 N–H and O–H groups in total. The Bertz CT molecular complexity index is 861. The predicted octanol–water partition coefficient (Wildman–Crippen LogP) is 4.63. The summed E-state index contributed by atoms with van der Waals surface area (Å²) in [6.07, 6.45) is 2.00. The van der Waals surface area contributed by atoms with E-state index in [4.69, 9.17) is 23.7 Å². The molecule has 0 radical (unpaired) electrons. The van der Waals surface area contributed by atoms with E-state index < -0.39 is 54.2 Å². The van der Waals surface area contributed by atoms with Crippen LogP contribution in [0.2, 0.25) is 0 Å². The number of carbonyl (C=O) groups is 3. The summed E-state index contributed by atoms with van der Waals surface area (Å²) in [5, 5.41) is 0. The molecule has 3 aliphatic rings. The third kappa shape index (κ3) is 6.26. The molecule has 1 saturated heterocycles. The van der Waals surface area contributed by atoms with Crippen molar-refractivity contribution in [2.75, 3.05) is 0 Å². The van der Waals surface area contributed by atoms with Gasteiger partial charge in [0.1, 0.15) is 0 Å². The van der Waals surface area contributed by atoms with Gasteiger partial charge < -0.3 is 23.7 Å². The second-order valence-corrected chi connectivity index (χ2v) is 11.3. The maximum Gasteiger partial charge on any atom is 0.303 e. The van der Waals surface area contributed by atoms with Crippen molar-refractivity contribution in [3.63, 3.8) is 0 Å². The van der Waals surface area contributed by atoms with Crippen LogP contribution in [-0.2, 0) is 38.1 Å². The van der Waals surface area contributed by atoms with Crippen LogP contribution < -0.4 is 0 Å². The molecule has 0 aromatic rings. The summed E-state index contributed by atoms with van der Waals surface area (Å²) in [5.74, 6) is -1.46. The molecule has 0 aromatic heterocycles. The fourth-order valence-corrected chi connectivity index (χ4v) is 6.15. The van der Waals surface area contributed by atoms with Gasteiger partial charge in [-0.2, -0.15) is 0 Å². The molecular weight excluding hydrogens is 452 g/mol. The molecule has 8 nitrogen and oxygen atoms in total. The number of rotatable bonds is 6. The van der Waals surface area contributed by atoms with E-state index in [-0.39, 0.29) is 11.3 Å². The van der Waals surface area contributed by atoms with Crippen LogP contribution in [0.25, 0.3) is 0 Å². The second kappa shape index (κ2) is 10.6. The van der Waals surface area contributed by atoms with Crippen LogP contribution in [-0.4, -0.2) is 54.2 Å². The van der Waals surface area contributed by atoms with Gasteiger partial charge in [0.15, 0.2) is 24.6 Å². The lowest BCUT2D eigenvalue weighted by Crippen LogP contribution is -2.62. The van der Waals surface area contributed by atoms with E-state index in [1.807, 2.05) is 13.8 Å². The summed E-state index contributed by atoms with van der Waals surface area (Å²) in [7, 11) is 0. The minimum Gasteiger partial charge on any atom is -0.456 e. The number of carbonyl (C=O) groups excluding carboxylic acids is 3. The van der Waals surface area contributed by atoms with Crippen molar-refractivity contribution >= 4 is 17.9 Å². The lowest BCUT2D eigenvalue weighted by atomic mass is 9.59. The highest BCUT2D eigenvalue weighted by molar-refractivity contribution is 5.68. The van der Waals surface area contributed by atoms with E-state index in [9.17, 15) is 14.4 Å². The van der Waals surface area contributed by atoms with Crippen molar-refractivity contribution in [2.24, 2.45) is 11.3 Å². The van der Waals surface area contributed by atoms with Gasteiger partial charge in [0.05, 0.1) is 11.7 Å². The Kier molecular flexibility index (Phi) is 8.37. The monoisotopic (exact) mass is 494 g/mol. The van der Waals surface area contributed by atoms with Gasteiger partial charge in [-0.05, 0) is 77.6 Å². The van der Waals surface area contributed by atoms with Crippen LogP contribution in [0.15, 0.2) is 11.1 Å². The first-order chi connectivity index (χ1) is 16.2. The quantitative estimate of drug-likeness (QED) is 0.300.